The predicted octanol–water partition coefficient (Wildman–Crippen LogP) is 2.78. The molecule has 4 heteroatoms. The van der Waals surface area contributed by atoms with Crippen molar-refractivity contribution in [3.05, 3.63) is 23.7 Å². The van der Waals surface area contributed by atoms with Crippen LogP contribution in [-0.4, -0.2) is 11.8 Å². The van der Waals surface area contributed by atoms with Crippen molar-refractivity contribution in [1.82, 2.24) is 5.32 Å². The number of aryl methyl sites for hydroxylation is 1. The van der Waals surface area contributed by atoms with Gasteiger partial charge in [0.15, 0.2) is 0 Å². The fourth-order valence-corrected chi connectivity index (χ4v) is 1.43. The highest BCUT2D eigenvalue weighted by Gasteiger charge is 2.11. The molecule has 3 nitrogen and oxygen atoms in total. The van der Waals surface area contributed by atoms with Crippen LogP contribution >= 0.6 is 11.6 Å². The van der Waals surface area contributed by atoms with Crippen LogP contribution < -0.4 is 5.32 Å². The fourth-order valence-electron chi connectivity index (χ4n) is 1.30. The van der Waals surface area contributed by atoms with E-state index in [0.717, 1.165) is 11.5 Å². The fraction of sp³-hybridized carbons (Fsp3) is 0.545. The Morgan fingerprint density at radius 3 is 2.87 bits per heavy atom. The van der Waals surface area contributed by atoms with Crippen molar-refractivity contribution in [1.29, 1.82) is 0 Å². The van der Waals surface area contributed by atoms with Gasteiger partial charge in [-0.1, -0.05) is 0 Å². The standard InChI is InChI=1S/C11H16ClNO2/c1-8-5-6-10(15-8)9(2)13-11(14)4-3-7-12/h5-6,9H,3-4,7H2,1-2H3,(H,13,14). The maximum atomic E-state index is 11.4. The van der Waals surface area contributed by atoms with E-state index in [4.69, 9.17) is 16.0 Å². The van der Waals surface area contributed by atoms with Crippen LogP contribution in [0.1, 0.15) is 37.3 Å². The second-order valence-corrected chi connectivity index (χ2v) is 3.91. The van der Waals surface area contributed by atoms with E-state index in [9.17, 15) is 4.79 Å². The highest BCUT2D eigenvalue weighted by atomic mass is 35.5. The highest BCUT2D eigenvalue weighted by Crippen LogP contribution is 2.15. The molecule has 0 aliphatic carbocycles. The van der Waals surface area contributed by atoms with E-state index in [2.05, 4.69) is 5.32 Å². The monoisotopic (exact) mass is 229 g/mol. The molecule has 1 aromatic rings. The number of nitrogens with one attached hydrogen (secondary N) is 1. The number of hydrogen-bond donors (Lipinski definition) is 1. The number of furan rings is 1. The van der Waals surface area contributed by atoms with Gasteiger partial charge in [0, 0.05) is 12.3 Å². The molecule has 0 aliphatic rings. The first-order chi connectivity index (χ1) is 7.13. The summed E-state index contributed by atoms with van der Waals surface area (Å²) in [4.78, 5) is 11.4. The third-order valence-corrected chi connectivity index (χ3v) is 2.37. The molecule has 0 saturated carbocycles. The van der Waals surface area contributed by atoms with Crippen LogP contribution in [0.3, 0.4) is 0 Å². The average molecular weight is 230 g/mol. The molecular weight excluding hydrogens is 214 g/mol. The lowest BCUT2D eigenvalue weighted by Gasteiger charge is -2.10. The average Bonchev–Trinajstić information content (AvgIpc) is 2.61. The number of halogens is 1. The lowest BCUT2D eigenvalue weighted by molar-refractivity contribution is -0.121. The summed E-state index contributed by atoms with van der Waals surface area (Å²) in [5.74, 6) is 2.16. The van der Waals surface area contributed by atoms with Crippen molar-refractivity contribution in [2.24, 2.45) is 0 Å². The molecule has 0 bridgehead atoms. The summed E-state index contributed by atoms with van der Waals surface area (Å²) in [6, 6.07) is 3.68. The quantitative estimate of drug-likeness (QED) is 0.789. The summed E-state index contributed by atoms with van der Waals surface area (Å²) in [6.07, 6.45) is 1.17. The highest BCUT2D eigenvalue weighted by molar-refractivity contribution is 6.17. The molecule has 0 fully saturated rings. The van der Waals surface area contributed by atoms with E-state index in [0.29, 0.717) is 18.7 Å². The summed E-state index contributed by atoms with van der Waals surface area (Å²) in [5, 5.41) is 2.85. The van der Waals surface area contributed by atoms with Gasteiger partial charge in [-0.05, 0) is 32.4 Å². The second-order valence-electron chi connectivity index (χ2n) is 3.53. The zero-order chi connectivity index (χ0) is 11.3. The first kappa shape index (κ1) is 12.1. The van der Waals surface area contributed by atoms with Crippen LogP contribution in [0.5, 0.6) is 0 Å². The Morgan fingerprint density at radius 2 is 2.33 bits per heavy atom. The van der Waals surface area contributed by atoms with Crippen LogP contribution in [0.2, 0.25) is 0 Å². The zero-order valence-electron chi connectivity index (χ0n) is 9.05. The van der Waals surface area contributed by atoms with Crippen molar-refractivity contribution in [2.75, 3.05) is 5.88 Å². The number of alkyl halides is 1. The van der Waals surface area contributed by atoms with Crippen molar-refractivity contribution in [2.45, 2.75) is 32.7 Å². The molecule has 1 aromatic heterocycles. The maximum Gasteiger partial charge on any atom is 0.220 e. The topological polar surface area (TPSA) is 42.2 Å². The van der Waals surface area contributed by atoms with E-state index < -0.39 is 0 Å². The zero-order valence-corrected chi connectivity index (χ0v) is 9.80. The Balaban J connectivity index is 2.41. The molecule has 1 rings (SSSR count). The lowest BCUT2D eigenvalue weighted by atomic mass is 10.2. The van der Waals surface area contributed by atoms with Crippen LogP contribution in [0, 0.1) is 6.92 Å². The first-order valence-corrected chi connectivity index (χ1v) is 5.58. The van der Waals surface area contributed by atoms with Gasteiger partial charge in [-0.15, -0.1) is 11.6 Å². The smallest absolute Gasteiger partial charge is 0.220 e. The molecule has 84 valence electrons. The minimum absolute atomic E-state index is 0.0113. The molecule has 0 radical (unpaired) electrons. The van der Waals surface area contributed by atoms with Gasteiger partial charge in [-0.3, -0.25) is 4.79 Å². The SMILES string of the molecule is Cc1ccc(C(C)NC(=O)CCCCl)o1. The predicted molar refractivity (Wildman–Crippen MR) is 60.0 cm³/mol. The summed E-state index contributed by atoms with van der Waals surface area (Å²) in [6.45, 7) is 3.78. The third kappa shape index (κ3) is 3.96. The molecule has 1 N–H and O–H groups in total. The molecule has 1 unspecified atom stereocenters. The Bertz CT molecular complexity index is 322. The second kappa shape index (κ2) is 5.81. The Labute approximate surface area is 94.8 Å². The van der Waals surface area contributed by atoms with Gasteiger partial charge >= 0.3 is 0 Å². The maximum absolute atomic E-state index is 11.4. The van der Waals surface area contributed by atoms with Crippen molar-refractivity contribution >= 4 is 17.5 Å². The van der Waals surface area contributed by atoms with Crippen molar-refractivity contribution in [3.63, 3.8) is 0 Å². The van der Waals surface area contributed by atoms with Gasteiger partial charge in [0.05, 0.1) is 6.04 Å². The van der Waals surface area contributed by atoms with Gasteiger partial charge in [-0.25, -0.2) is 0 Å². The largest absolute Gasteiger partial charge is 0.464 e. The number of carbonyl (C=O) groups is 1. The number of carbonyl (C=O) groups excluding carboxylic acids is 1. The molecule has 0 aliphatic heterocycles. The van der Waals surface area contributed by atoms with E-state index in [1.54, 1.807) is 0 Å². The van der Waals surface area contributed by atoms with Gasteiger partial charge in [-0.2, -0.15) is 0 Å². The Morgan fingerprint density at radius 1 is 1.60 bits per heavy atom. The van der Waals surface area contributed by atoms with E-state index in [1.807, 2.05) is 26.0 Å². The minimum Gasteiger partial charge on any atom is -0.464 e. The third-order valence-electron chi connectivity index (χ3n) is 2.10. The molecule has 0 aromatic carbocycles. The summed E-state index contributed by atoms with van der Waals surface area (Å²) in [7, 11) is 0. The summed E-state index contributed by atoms with van der Waals surface area (Å²) >= 11 is 5.50. The lowest BCUT2D eigenvalue weighted by Crippen LogP contribution is -2.26. The van der Waals surface area contributed by atoms with Crippen LogP contribution in [-0.2, 0) is 4.79 Å². The van der Waals surface area contributed by atoms with Gasteiger partial charge < -0.3 is 9.73 Å². The van der Waals surface area contributed by atoms with Crippen LogP contribution in [0.15, 0.2) is 16.5 Å². The Hall–Kier alpha value is -0.960. The van der Waals surface area contributed by atoms with Gasteiger partial charge in [0.2, 0.25) is 5.91 Å². The molecule has 0 saturated heterocycles. The molecule has 1 atom stereocenters. The van der Waals surface area contributed by atoms with E-state index >= 15 is 0 Å². The molecular formula is C11H16ClNO2. The van der Waals surface area contributed by atoms with Crippen LogP contribution in [0.25, 0.3) is 0 Å². The molecule has 0 spiro atoms. The first-order valence-electron chi connectivity index (χ1n) is 5.05. The normalized spacial score (nSPS) is 12.5. The minimum atomic E-state index is -0.0819. The number of rotatable bonds is 5. The molecule has 15 heavy (non-hydrogen) atoms. The Kier molecular flexibility index (Phi) is 4.69. The summed E-state index contributed by atoms with van der Waals surface area (Å²) in [5.41, 5.74) is 0. The van der Waals surface area contributed by atoms with Crippen molar-refractivity contribution in [3.8, 4) is 0 Å². The number of amides is 1. The molecule has 1 amide bonds. The summed E-state index contributed by atoms with van der Waals surface area (Å²) < 4.78 is 5.41. The van der Waals surface area contributed by atoms with Crippen LogP contribution in [0.4, 0.5) is 0 Å². The number of hydrogen-bond acceptors (Lipinski definition) is 2. The van der Waals surface area contributed by atoms with E-state index in [-0.39, 0.29) is 11.9 Å². The van der Waals surface area contributed by atoms with E-state index in [1.165, 1.54) is 0 Å². The van der Waals surface area contributed by atoms with Gasteiger partial charge in [0.25, 0.3) is 0 Å². The van der Waals surface area contributed by atoms with Crippen molar-refractivity contribution < 1.29 is 9.21 Å². The van der Waals surface area contributed by atoms with Gasteiger partial charge in [0.1, 0.15) is 11.5 Å². The molecule has 1 heterocycles.